The van der Waals surface area contributed by atoms with Crippen molar-refractivity contribution in [3.05, 3.63) is 42.2 Å². The van der Waals surface area contributed by atoms with Gasteiger partial charge in [0.05, 0.1) is 16.8 Å². The molecule has 2 fully saturated rings. The van der Waals surface area contributed by atoms with E-state index in [0.717, 1.165) is 19.3 Å². The second kappa shape index (κ2) is 9.41. The molecule has 2 aliphatic rings. The number of aromatic nitrogens is 2. The molecule has 4 rings (SSSR count). The Morgan fingerprint density at radius 3 is 2.31 bits per heavy atom. The summed E-state index contributed by atoms with van der Waals surface area (Å²) in [5.74, 6) is -0.651. The second-order valence-electron chi connectivity index (χ2n) is 8.36. The Bertz CT molecular complexity index is 1070. The Balaban J connectivity index is 1.39. The summed E-state index contributed by atoms with van der Waals surface area (Å²) in [6, 6.07) is 8.33. The van der Waals surface area contributed by atoms with Crippen LogP contribution in [0.25, 0.3) is 0 Å². The quantitative estimate of drug-likeness (QED) is 0.737. The number of anilines is 1. The number of nitrogens with one attached hydrogen (secondary N) is 1. The lowest BCUT2D eigenvalue weighted by atomic mass is 9.97. The summed E-state index contributed by atoms with van der Waals surface area (Å²) in [7, 11) is -1.86. The minimum absolute atomic E-state index is 0.122. The molecular formula is C22H29N5O4S. The van der Waals surface area contributed by atoms with Crippen molar-refractivity contribution in [2.75, 3.05) is 31.5 Å². The third kappa shape index (κ3) is 4.56. The number of nitrogens with zero attached hydrogens (tertiary/aromatic N) is 4. The minimum Gasteiger partial charge on any atom is -0.337 e. The standard InChI is InChI=1S/C22H29N5O4S/c1-25-20(22(29)26-12-6-3-7-13-26)19(16-23-25)24-21(28)17-10-14-27(15-11-17)32(30,31)18-8-4-2-5-9-18/h2,4-5,8-9,16-17H,3,6-7,10-15H2,1H3,(H,24,28). The van der Waals surface area contributed by atoms with Crippen LogP contribution in [0.3, 0.4) is 0 Å². The van der Waals surface area contributed by atoms with Crippen molar-refractivity contribution < 1.29 is 18.0 Å². The van der Waals surface area contributed by atoms with Gasteiger partial charge in [0, 0.05) is 39.1 Å². The number of sulfonamides is 1. The van der Waals surface area contributed by atoms with Crippen LogP contribution in [-0.2, 0) is 21.9 Å². The van der Waals surface area contributed by atoms with E-state index in [1.54, 1.807) is 37.4 Å². The van der Waals surface area contributed by atoms with Gasteiger partial charge in [-0.2, -0.15) is 9.40 Å². The van der Waals surface area contributed by atoms with Gasteiger partial charge in [0.2, 0.25) is 15.9 Å². The van der Waals surface area contributed by atoms with E-state index >= 15 is 0 Å². The Hall–Kier alpha value is -2.72. The van der Waals surface area contributed by atoms with Crippen molar-refractivity contribution in [1.82, 2.24) is 19.0 Å². The molecule has 3 heterocycles. The third-order valence-corrected chi connectivity index (χ3v) is 8.16. The number of aryl methyl sites for hydroxylation is 1. The fraction of sp³-hybridized carbons (Fsp3) is 0.500. The molecule has 0 aliphatic carbocycles. The van der Waals surface area contributed by atoms with Crippen LogP contribution in [0.2, 0.25) is 0 Å². The van der Waals surface area contributed by atoms with Crippen LogP contribution in [0.1, 0.15) is 42.6 Å². The Kier molecular flexibility index (Phi) is 6.61. The Morgan fingerprint density at radius 1 is 1.00 bits per heavy atom. The number of likely N-dealkylation sites (tertiary alicyclic amines) is 1. The molecule has 1 aromatic carbocycles. The van der Waals surface area contributed by atoms with E-state index in [-0.39, 0.29) is 35.7 Å². The molecule has 0 spiro atoms. The highest BCUT2D eigenvalue weighted by Crippen LogP contribution is 2.26. The molecule has 2 aromatic rings. The molecule has 2 aliphatic heterocycles. The minimum atomic E-state index is -3.56. The molecule has 0 bridgehead atoms. The van der Waals surface area contributed by atoms with Crippen molar-refractivity contribution in [2.45, 2.75) is 37.0 Å². The van der Waals surface area contributed by atoms with Crippen LogP contribution in [-0.4, -0.2) is 65.4 Å². The van der Waals surface area contributed by atoms with Gasteiger partial charge in [0.25, 0.3) is 5.91 Å². The van der Waals surface area contributed by atoms with E-state index in [4.69, 9.17) is 0 Å². The first kappa shape index (κ1) is 22.5. The van der Waals surface area contributed by atoms with Crippen molar-refractivity contribution in [2.24, 2.45) is 13.0 Å². The number of benzene rings is 1. The average Bonchev–Trinajstić information content (AvgIpc) is 3.19. The van der Waals surface area contributed by atoms with Crippen molar-refractivity contribution in [3.8, 4) is 0 Å². The van der Waals surface area contributed by atoms with Crippen LogP contribution in [0.5, 0.6) is 0 Å². The fourth-order valence-electron chi connectivity index (χ4n) is 4.36. The fourth-order valence-corrected chi connectivity index (χ4v) is 5.85. The highest BCUT2D eigenvalue weighted by Gasteiger charge is 2.33. The van der Waals surface area contributed by atoms with Crippen LogP contribution in [0.4, 0.5) is 5.69 Å². The lowest BCUT2D eigenvalue weighted by Crippen LogP contribution is -2.41. The maximum atomic E-state index is 13.0. The molecule has 0 atom stereocenters. The average molecular weight is 460 g/mol. The number of piperidine rings is 2. The summed E-state index contributed by atoms with van der Waals surface area (Å²) < 4.78 is 28.5. The van der Waals surface area contributed by atoms with Gasteiger partial charge in [-0.15, -0.1) is 0 Å². The predicted molar refractivity (Wildman–Crippen MR) is 120 cm³/mol. The molecule has 2 saturated heterocycles. The van der Waals surface area contributed by atoms with E-state index in [9.17, 15) is 18.0 Å². The molecule has 10 heteroatoms. The zero-order valence-corrected chi connectivity index (χ0v) is 19.1. The van der Waals surface area contributed by atoms with Gasteiger partial charge >= 0.3 is 0 Å². The first-order valence-electron chi connectivity index (χ1n) is 11.1. The number of carbonyl (C=O) groups is 2. The smallest absolute Gasteiger partial charge is 0.274 e. The number of carbonyl (C=O) groups excluding carboxylic acids is 2. The zero-order chi connectivity index (χ0) is 22.7. The summed E-state index contributed by atoms with van der Waals surface area (Å²) in [5.41, 5.74) is 0.789. The van der Waals surface area contributed by atoms with Gasteiger partial charge in [0.15, 0.2) is 0 Å². The number of hydrogen-bond acceptors (Lipinski definition) is 5. The first-order chi connectivity index (χ1) is 15.4. The van der Waals surface area contributed by atoms with E-state index in [1.807, 2.05) is 4.90 Å². The number of hydrogen-bond donors (Lipinski definition) is 1. The van der Waals surface area contributed by atoms with Crippen molar-refractivity contribution >= 4 is 27.5 Å². The molecule has 0 saturated carbocycles. The highest BCUT2D eigenvalue weighted by atomic mass is 32.2. The molecular weight excluding hydrogens is 430 g/mol. The van der Waals surface area contributed by atoms with E-state index in [2.05, 4.69) is 10.4 Å². The zero-order valence-electron chi connectivity index (χ0n) is 18.2. The van der Waals surface area contributed by atoms with Gasteiger partial charge in [-0.1, -0.05) is 18.2 Å². The normalized spacial score (nSPS) is 18.5. The molecule has 0 radical (unpaired) electrons. The lowest BCUT2D eigenvalue weighted by molar-refractivity contribution is -0.120. The number of rotatable bonds is 5. The van der Waals surface area contributed by atoms with Crippen LogP contribution >= 0.6 is 0 Å². The molecule has 1 N–H and O–H groups in total. The molecule has 172 valence electrons. The molecule has 1 aromatic heterocycles. The molecule has 9 nitrogen and oxygen atoms in total. The lowest BCUT2D eigenvalue weighted by Gasteiger charge is -2.30. The van der Waals surface area contributed by atoms with Gasteiger partial charge in [-0.05, 0) is 44.2 Å². The van der Waals surface area contributed by atoms with E-state index in [1.165, 1.54) is 15.2 Å². The first-order valence-corrected chi connectivity index (χ1v) is 12.5. The van der Waals surface area contributed by atoms with Crippen LogP contribution in [0.15, 0.2) is 41.4 Å². The van der Waals surface area contributed by atoms with Crippen LogP contribution in [0, 0.1) is 5.92 Å². The number of amides is 2. The topological polar surface area (TPSA) is 105 Å². The summed E-state index contributed by atoms with van der Waals surface area (Å²) in [6.45, 7) is 1.99. The largest absolute Gasteiger partial charge is 0.337 e. The molecule has 0 unspecified atom stereocenters. The summed E-state index contributed by atoms with van der Waals surface area (Å²) in [5, 5.41) is 7.04. The van der Waals surface area contributed by atoms with Gasteiger partial charge in [-0.25, -0.2) is 8.42 Å². The monoisotopic (exact) mass is 459 g/mol. The molecule has 32 heavy (non-hydrogen) atoms. The maximum Gasteiger partial charge on any atom is 0.274 e. The summed E-state index contributed by atoms with van der Waals surface area (Å²) in [6.07, 6.45) is 5.44. The van der Waals surface area contributed by atoms with Gasteiger partial charge < -0.3 is 10.2 Å². The Morgan fingerprint density at radius 2 is 1.66 bits per heavy atom. The maximum absolute atomic E-state index is 13.0. The predicted octanol–water partition coefficient (Wildman–Crippen LogP) is 2.09. The highest BCUT2D eigenvalue weighted by molar-refractivity contribution is 7.89. The van der Waals surface area contributed by atoms with Gasteiger partial charge in [0.1, 0.15) is 5.69 Å². The summed E-state index contributed by atoms with van der Waals surface area (Å²) >= 11 is 0. The van der Waals surface area contributed by atoms with E-state index < -0.39 is 10.0 Å². The molecule has 2 amide bonds. The summed E-state index contributed by atoms with van der Waals surface area (Å²) in [4.78, 5) is 28.0. The van der Waals surface area contributed by atoms with Crippen molar-refractivity contribution in [1.29, 1.82) is 0 Å². The second-order valence-corrected chi connectivity index (χ2v) is 10.3. The van der Waals surface area contributed by atoms with Crippen LogP contribution < -0.4 is 5.32 Å². The Labute approximate surface area is 188 Å². The van der Waals surface area contributed by atoms with E-state index in [0.29, 0.717) is 37.3 Å². The SMILES string of the molecule is Cn1ncc(NC(=O)C2CCN(S(=O)(=O)c3ccccc3)CC2)c1C(=O)N1CCCCC1. The third-order valence-electron chi connectivity index (χ3n) is 6.25. The van der Waals surface area contributed by atoms with Gasteiger partial charge in [-0.3, -0.25) is 14.3 Å². The van der Waals surface area contributed by atoms with Crippen molar-refractivity contribution in [3.63, 3.8) is 0 Å².